The molecule has 1 unspecified atom stereocenters. The average Bonchev–Trinajstić information content (AvgIpc) is 2.38. The maximum absolute atomic E-state index is 10.8. The van der Waals surface area contributed by atoms with Crippen molar-refractivity contribution >= 4 is 5.97 Å². The van der Waals surface area contributed by atoms with Crippen molar-refractivity contribution in [2.24, 2.45) is 0 Å². The summed E-state index contributed by atoms with van der Waals surface area (Å²) >= 11 is 0. The largest absolute Gasteiger partial charge is 0.432 e. The second kappa shape index (κ2) is 6.50. The molecule has 0 saturated carbocycles. The minimum atomic E-state index is -0.607. The first-order valence-corrected chi connectivity index (χ1v) is 6.31. The number of esters is 1. The number of carbonyl (C=O) groups is 1. The molecular formula is C15H18O4. The Balaban J connectivity index is 1.86. The average molecular weight is 262 g/mol. The van der Waals surface area contributed by atoms with Crippen molar-refractivity contribution in [3.63, 3.8) is 0 Å². The molecule has 0 aromatic heterocycles. The van der Waals surface area contributed by atoms with Gasteiger partial charge in [-0.3, -0.25) is 4.79 Å². The SMILES string of the molecule is CC(=O)OC1C=C[C@H](OCc2ccccc2)[C@H](C)O1. The van der Waals surface area contributed by atoms with Gasteiger partial charge in [-0.1, -0.05) is 36.4 Å². The number of carbonyl (C=O) groups excluding carboxylic acids is 1. The molecule has 0 spiro atoms. The molecule has 3 atom stereocenters. The van der Waals surface area contributed by atoms with Gasteiger partial charge in [0, 0.05) is 6.92 Å². The van der Waals surface area contributed by atoms with Crippen molar-refractivity contribution in [3.05, 3.63) is 48.0 Å². The van der Waals surface area contributed by atoms with Crippen molar-refractivity contribution in [2.45, 2.75) is 39.0 Å². The van der Waals surface area contributed by atoms with Gasteiger partial charge in [0.15, 0.2) is 0 Å². The molecule has 0 fully saturated rings. The summed E-state index contributed by atoms with van der Waals surface area (Å²) in [5.41, 5.74) is 1.12. The zero-order chi connectivity index (χ0) is 13.7. The Morgan fingerprint density at radius 2 is 2.00 bits per heavy atom. The Bertz CT molecular complexity index is 441. The zero-order valence-corrected chi connectivity index (χ0v) is 11.1. The summed E-state index contributed by atoms with van der Waals surface area (Å²) in [5.74, 6) is -0.356. The van der Waals surface area contributed by atoms with Gasteiger partial charge in [-0.15, -0.1) is 0 Å². The molecule has 1 aromatic rings. The summed E-state index contributed by atoms with van der Waals surface area (Å²) in [7, 11) is 0. The molecule has 1 heterocycles. The summed E-state index contributed by atoms with van der Waals surface area (Å²) in [6.07, 6.45) is 2.69. The van der Waals surface area contributed by atoms with Crippen LogP contribution in [0, 0.1) is 0 Å². The molecule has 4 nitrogen and oxygen atoms in total. The third-order valence-corrected chi connectivity index (χ3v) is 2.84. The molecule has 2 rings (SSSR count). The Kier molecular flexibility index (Phi) is 4.71. The van der Waals surface area contributed by atoms with Gasteiger partial charge in [0.25, 0.3) is 0 Å². The second-order valence-corrected chi connectivity index (χ2v) is 4.47. The van der Waals surface area contributed by atoms with E-state index in [1.54, 1.807) is 6.08 Å². The van der Waals surface area contributed by atoms with Gasteiger partial charge in [-0.05, 0) is 18.6 Å². The maximum atomic E-state index is 10.8. The minimum Gasteiger partial charge on any atom is -0.432 e. The second-order valence-electron chi connectivity index (χ2n) is 4.47. The van der Waals surface area contributed by atoms with Crippen LogP contribution in [-0.4, -0.2) is 24.5 Å². The highest BCUT2D eigenvalue weighted by molar-refractivity contribution is 5.66. The minimum absolute atomic E-state index is 0.132. The van der Waals surface area contributed by atoms with E-state index >= 15 is 0 Å². The standard InChI is InChI=1S/C15H18O4/c1-11-14(8-9-15(18-11)19-12(2)16)17-10-13-6-4-3-5-7-13/h3-9,11,14-15H,10H2,1-2H3/t11-,14-,15?/m0/s1. The molecule has 1 aliphatic heterocycles. The third kappa shape index (κ3) is 4.19. The summed E-state index contributed by atoms with van der Waals surface area (Å²) < 4.78 is 16.3. The van der Waals surface area contributed by atoms with Crippen LogP contribution in [0.1, 0.15) is 19.4 Å². The van der Waals surface area contributed by atoms with Crippen LogP contribution in [0.5, 0.6) is 0 Å². The first kappa shape index (κ1) is 13.8. The lowest BCUT2D eigenvalue weighted by molar-refractivity contribution is -0.188. The molecule has 0 bridgehead atoms. The van der Waals surface area contributed by atoms with Crippen LogP contribution in [0.25, 0.3) is 0 Å². The van der Waals surface area contributed by atoms with Crippen LogP contribution >= 0.6 is 0 Å². The number of hydrogen-bond acceptors (Lipinski definition) is 4. The monoisotopic (exact) mass is 262 g/mol. The fourth-order valence-electron chi connectivity index (χ4n) is 1.88. The Labute approximate surface area is 113 Å². The van der Waals surface area contributed by atoms with E-state index in [-0.39, 0.29) is 18.2 Å². The predicted octanol–water partition coefficient (Wildman–Crippen LogP) is 2.44. The lowest BCUT2D eigenvalue weighted by Crippen LogP contribution is -2.36. The van der Waals surface area contributed by atoms with Crippen molar-refractivity contribution in [2.75, 3.05) is 0 Å². The van der Waals surface area contributed by atoms with Crippen LogP contribution in [0.2, 0.25) is 0 Å². The van der Waals surface area contributed by atoms with Crippen molar-refractivity contribution < 1.29 is 19.0 Å². The fourth-order valence-corrected chi connectivity index (χ4v) is 1.88. The summed E-state index contributed by atoms with van der Waals surface area (Å²) in [6.45, 7) is 3.79. The molecule has 19 heavy (non-hydrogen) atoms. The highest BCUT2D eigenvalue weighted by Gasteiger charge is 2.25. The highest BCUT2D eigenvalue weighted by atomic mass is 16.7. The molecule has 0 amide bonds. The van der Waals surface area contributed by atoms with Gasteiger partial charge in [0.2, 0.25) is 6.29 Å². The van der Waals surface area contributed by atoms with E-state index in [0.29, 0.717) is 6.61 Å². The molecule has 102 valence electrons. The predicted molar refractivity (Wildman–Crippen MR) is 70.3 cm³/mol. The van der Waals surface area contributed by atoms with Gasteiger partial charge in [0.05, 0.1) is 12.7 Å². The smallest absolute Gasteiger partial charge is 0.305 e. The van der Waals surface area contributed by atoms with Crippen LogP contribution < -0.4 is 0 Å². The van der Waals surface area contributed by atoms with Gasteiger partial charge < -0.3 is 14.2 Å². The first-order valence-electron chi connectivity index (χ1n) is 6.31. The molecule has 0 aliphatic carbocycles. The first-order chi connectivity index (χ1) is 9.15. The Morgan fingerprint density at radius 1 is 1.26 bits per heavy atom. The maximum Gasteiger partial charge on any atom is 0.305 e. The number of rotatable bonds is 4. The van der Waals surface area contributed by atoms with Crippen molar-refractivity contribution in [3.8, 4) is 0 Å². The number of benzene rings is 1. The molecule has 1 aromatic carbocycles. The Hall–Kier alpha value is -1.65. The molecule has 0 radical (unpaired) electrons. The van der Waals surface area contributed by atoms with Crippen LogP contribution in [0.3, 0.4) is 0 Å². The third-order valence-electron chi connectivity index (χ3n) is 2.84. The van der Waals surface area contributed by atoms with Crippen molar-refractivity contribution in [1.82, 2.24) is 0 Å². The molecule has 0 N–H and O–H groups in total. The van der Waals surface area contributed by atoms with Gasteiger partial charge in [-0.2, -0.15) is 0 Å². The van der Waals surface area contributed by atoms with Crippen molar-refractivity contribution in [1.29, 1.82) is 0 Å². The van der Waals surface area contributed by atoms with E-state index in [1.807, 2.05) is 43.3 Å². The quantitative estimate of drug-likeness (QED) is 0.617. The van der Waals surface area contributed by atoms with E-state index in [9.17, 15) is 4.79 Å². The fraction of sp³-hybridized carbons (Fsp3) is 0.400. The number of ether oxygens (including phenoxy) is 3. The van der Waals surface area contributed by atoms with E-state index in [1.165, 1.54) is 6.92 Å². The molecule has 1 aliphatic rings. The van der Waals surface area contributed by atoms with Gasteiger partial charge in [-0.25, -0.2) is 0 Å². The van der Waals surface area contributed by atoms with Crippen LogP contribution in [-0.2, 0) is 25.6 Å². The topological polar surface area (TPSA) is 44.8 Å². The highest BCUT2D eigenvalue weighted by Crippen LogP contribution is 2.18. The summed E-state index contributed by atoms with van der Waals surface area (Å²) in [4.78, 5) is 10.8. The Morgan fingerprint density at radius 3 is 2.63 bits per heavy atom. The summed E-state index contributed by atoms with van der Waals surface area (Å²) in [6, 6.07) is 9.96. The summed E-state index contributed by atoms with van der Waals surface area (Å²) in [5, 5.41) is 0. The van der Waals surface area contributed by atoms with Gasteiger partial charge in [0.1, 0.15) is 6.10 Å². The molecule has 4 heteroatoms. The van der Waals surface area contributed by atoms with E-state index in [0.717, 1.165) is 5.56 Å². The van der Waals surface area contributed by atoms with Gasteiger partial charge >= 0.3 is 5.97 Å². The zero-order valence-electron chi connectivity index (χ0n) is 11.1. The van der Waals surface area contributed by atoms with E-state index < -0.39 is 6.29 Å². The van der Waals surface area contributed by atoms with Crippen LogP contribution in [0.15, 0.2) is 42.5 Å². The molecule has 0 saturated heterocycles. The normalized spacial score (nSPS) is 26.1. The molecular weight excluding hydrogens is 244 g/mol. The number of hydrogen-bond donors (Lipinski definition) is 0. The van der Waals surface area contributed by atoms with Crippen LogP contribution in [0.4, 0.5) is 0 Å². The van der Waals surface area contributed by atoms with E-state index in [2.05, 4.69) is 0 Å². The lowest BCUT2D eigenvalue weighted by atomic mass is 10.1. The van der Waals surface area contributed by atoms with E-state index in [4.69, 9.17) is 14.2 Å². The lowest BCUT2D eigenvalue weighted by Gasteiger charge is -2.29.